The molecule has 4 nitrogen and oxygen atoms in total. The maximum atomic E-state index is 11.7. The van der Waals surface area contributed by atoms with Crippen molar-refractivity contribution in [1.29, 1.82) is 0 Å². The first kappa shape index (κ1) is 14.5. The quantitative estimate of drug-likeness (QED) is 0.763. The third-order valence-corrected chi connectivity index (χ3v) is 2.99. The fourth-order valence-corrected chi connectivity index (χ4v) is 1.88. The predicted molar refractivity (Wildman–Crippen MR) is 68.1 cm³/mol. The lowest BCUT2D eigenvalue weighted by molar-refractivity contribution is -0.150. The van der Waals surface area contributed by atoms with Crippen LogP contribution >= 0.6 is 0 Å². The van der Waals surface area contributed by atoms with Crippen LogP contribution in [0.1, 0.15) is 37.9 Å². The van der Waals surface area contributed by atoms with Gasteiger partial charge in [-0.05, 0) is 24.1 Å². The number of aromatic hydroxyl groups is 1. The number of carbonyl (C=O) groups is 1. The first-order valence-electron chi connectivity index (χ1n) is 6.15. The Balaban J connectivity index is 2.83. The van der Waals surface area contributed by atoms with Crippen molar-refractivity contribution >= 4 is 5.97 Å². The van der Waals surface area contributed by atoms with Crippen LogP contribution in [-0.4, -0.2) is 23.3 Å². The highest BCUT2D eigenvalue weighted by molar-refractivity contribution is 5.73. The van der Waals surface area contributed by atoms with E-state index < -0.39 is 18.0 Å². The van der Waals surface area contributed by atoms with Crippen LogP contribution in [0.2, 0.25) is 0 Å². The van der Waals surface area contributed by atoms with Crippen LogP contribution in [0.25, 0.3) is 0 Å². The minimum atomic E-state index is -0.899. The number of methoxy groups -OCH3 is 1. The van der Waals surface area contributed by atoms with Gasteiger partial charge in [0.15, 0.2) is 0 Å². The van der Waals surface area contributed by atoms with Gasteiger partial charge >= 0.3 is 5.97 Å². The first-order chi connectivity index (χ1) is 8.60. The van der Waals surface area contributed by atoms with E-state index in [2.05, 4.69) is 0 Å². The summed E-state index contributed by atoms with van der Waals surface area (Å²) in [6.45, 7) is 2.03. The zero-order valence-corrected chi connectivity index (χ0v) is 10.8. The van der Waals surface area contributed by atoms with E-state index in [0.717, 1.165) is 12.8 Å². The lowest BCUT2D eigenvalue weighted by Gasteiger charge is -2.20. The molecule has 0 aliphatic rings. The Bertz CT molecular complexity index is 372. The number of esters is 1. The molecule has 0 aliphatic carbocycles. The van der Waals surface area contributed by atoms with E-state index in [9.17, 15) is 15.0 Å². The first-order valence-corrected chi connectivity index (χ1v) is 6.15. The van der Waals surface area contributed by atoms with Gasteiger partial charge in [-0.2, -0.15) is 0 Å². The van der Waals surface area contributed by atoms with Gasteiger partial charge in [0.25, 0.3) is 0 Å². The summed E-state index contributed by atoms with van der Waals surface area (Å²) in [5, 5.41) is 19.4. The molecule has 0 bridgehead atoms. The molecule has 1 rings (SSSR count). The van der Waals surface area contributed by atoms with E-state index in [1.165, 1.54) is 19.2 Å². The second-order valence-electron chi connectivity index (χ2n) is 4.31. The standard InChI is InChI=1S/C14H20O4/c1-3-4-5-12(14(17)18-2)13(16)10-6-8-11(15)9-7-10/h6-9,12-13,15-16H,3-5H2,1-2H3. The van der Waals surface area contributed by atoms with Crippen LogP contribution in [0.4, 0.5) is 0 Å². The van der Waals surface area contributed by atoms with Crippen molar-refractivity contribution in [3.8, 4) is 5.75 Å². The Labute approximate surface area is 107 Å². The van der Waals surface area contributed by atoms with Crippen LogP contribution in [0.15, 0.2) is 24.3 Å². The van der Waals surface area contributed by atoms with E-state index in [-0.39, 0.29) is 5.75 Å². The fraction of sp³-hybridized carbons (Fsp3) is 0.500. The zero-order chi connectivity index (χ0) is 13.5. The van der Waals surface area contributed by atoms with E-state index >= 15 is 0 Å². The molecule has 0 amide bonds. The average molecular weight is 252 g/mol. The number of unbranched alkanes of at least 4 members (excludes halogenated alkanes) is 1. The van der Waals surface area contributed by atoms with Crippen LogP contribution in [0.5, 0.6) is 5.75 Å². The molecule has 0 aliphatic heterocycles. The normalized spacial score (nSPS) is 13.9. The highest BCUT2D eigenvalue weighted by Crippen LogP contribution is 2.28. The number of hydrogen-bond donors (Lipinski definition) is 2. The van der Waals surface area contributed by atoms with Gasteiger partial charge in [0.1, 0.15) is 5.75 Å². The smallest absolute Gasteiger partial charge is 0.311 e. The Hall–Kier alpha value is -1.55. The molecule has 18 heavy (non-hydrogen) atoms. The summed E-state index contributed by atoms with van der Waals surface area (Å²) in [4.78, 5) is 11.7. The number of phenolic OH excluding ortho intramolecular Hbond substituents is 1. The van der Waals surface area contributed by atoms with Crippen molar-refractivity contribution in [2.24, 2.45) is 5.92 Å². The molecule has 0 saturated carbocycles. The van der Waals surface area contributed by atoms with E-state index in [1.807, 2.05) is 6.92 Å². The number of aliphatic hydroxyl groups is 1. The van der Waals surface area contributed by atoms with E-state index in [4.69, 9.17) is 4.74 Å². The van der Waals surface area contributed by atoms with Crippen molar-refractivity contribution in [1.82, 2.24) is 0 Å². The molecule has 0 saturated heterocycles. The minimum Gasteiger partial charge on any atom is -0.508 e. The summed E-state index contributed by atoms with van der Waals surface area (Å²) < 4.78 is 4.73. The van der Waals surface area contributed by atoms with Gasteiger partial charge in [0.05, 0.1) is 19.1 Å². The van der Waals surface area contributed by atoms with Gasteiger partial charge in [-0.3, -0.25) is 4.79 Å². The van der Waals surface area contributed by atoms with E-state index in [0.29, 0.717) is 12.0 Å². The summed E-state index contributed by atoms with van der Waals surface area (Å²) in [5.41, 5.74) is 0.610. The Morgan fingerprint density at radius 2 is 1.94 bits per heavy atom. The molecule has 4 heteroatoms. The molecule has 0 heterocycles. The van der Waals surface area contributed by atoms with Gasteiger partial charge in [-0.25, -0.2) is 0 Å². The van der Waals surface area contributed by atoms with Crippen molar-refractivity contribution in [3.63, 3.8) is 0 Å². The number of aliphatic hydroxyl groups excluding tert-OH is 1. The number of rotatable bonds is 6. The summed E-state index contributed by atoms with van der Waals surface area (Å²) in [5.74, 6) is -0.822. The lowest BCUT2D eigenvalue weighted by Crippen LogP contribution is -2.23. The number of phenols is 1. The fourth-order valence-electron chi connectivity index (χ4n) is 1.88. The van der Waals surface area contributed by atoms with Crippen LogP contribution in [0.3, 0.4) is 0 Å². The molecular weight excluding hydrogens is 232 g/mol. The number of carbonyl (C=O) groups excluding carboxylic acids is 1. The van der Waals surface area contributed by atoms with Gasteiger partial charge < -0.3 is 14.9 Å². The zero-order valence-electron chi connectivity index (χ0n) is 10.8. The summed E-state index contributed by atoms with van der Waals surface area (Å²) in [7, 11) is 1.32. The third-order valence-electron chi connectivity index (χ3n) is 2.99. The lowest BCUT2D eigenvalue weighted by atomic mass is 9.91. The van der Waals surface area contributed by atoms with Gasteiger partial charge in [-0.1, -0.05) is 31.9 Å². The molecule has 100 valence electrons. The van der Waals surface area contributed by atoms with Crippen LogP contribution in [0, 0.1) is 5.92 Å². The largest absolute Gasteiger partial charge is 0.508 e. The molecular formula is C14H20O4. The highest BCUT2D eigenvalue weighted by atomic mass is 16.5. The molecule has 0 spiro atoms. The molecule has 1 aromatic carbocycles. The number of hydrogen-bond acceptors (Lipinski definition) is 4. The van der Waals surface area contributed by atoms with Crippen molar-refractivity contribution in [3.05, 3.63) is 29.8 Å². The van der Waals surface area contributed by atoms with Crippen LogP contribution in [-0.2, 0) is 9.53 Å². The van der Waals surface area contributed by atoms with Crippen LogP contribution < -0.4 is 0 Å². The molecule has 2 unspecified atom stereocenters. The van der Waals surface area contributed by atoms with Gasteiger partial charge in [0, 0.05) is 0 Å². The average Bonchev–Trinajstić information content (AvgIpc) is 2.39. The van der Waals surface area contributed by atoms with E-state index in [1.54, 1.807) is 12.1 Å². The van der Waals surface area contributed by atoms with Crippen molar-refractivity contribution in [2.75, 3.05) is 7.11 Å². The Morgan fingerprint density at radius 1 is 1.33 bits per heavy atom. The van der Waals surface area contributed by atoms with Crippen molar-refractivity contribution in [2.45, 2.75) is 32.3 Å². The maximum Gasteiger partial charge on any atom is 0.311 e. The highest BCUT2D eigenvalue weighted by Gasteiger charge is 2.28. The molecule has 0 fully saturated rings. The minimum absolute atomic E-state index is 0.133. The monoisotopic (exact) mass is 252 g/mol. The second-order valence-corrected chi connectivity index (χ2v) is 4.31. The second kappa shape index (κ2) is 7.01. The summed E-state index contributed by atoms with van der Waals surface area (Å²) >= 11 is 0. The predicted octanol–water partition coefficient (Wildman–Crippen LogP) is 2.41. The Kier molecular flexibility index (Phi) is 5.65. The molecule has 2 N–H and O–H groups in total. The molecule has 2 atom stereocenters. The molecule has 0 radical (unpaired) electrons. The third kappa shape index (κ3) is 3.74. The van der Waals surface area contributed by atoms with Gasteiger partial charge in [-0.15, -0.1) is 0 Å². The summed E-state index contributed by atoms with van der Waals surface area (Å²) in [6.07, 6.45) is 1.50. The molecule has 0 aromatic heterocycles. The number of benzene rings is 1. The van der Waals surface area contributed by atoms with Gasteiger partial charge in [0.2, 0.25) is 0 Å². The number of ether oxygens (including phenoxy) is 1. The molecule has 1 aromatic rings. The van der Waals surface area contributed by atoms with Crippen molar-refractivity contribution < 1.29 is 19.7 Å². The topological polar surface area (TPSA) is 66.8 Å². The SMILES string of the molecule is CCCCC(C(=O)OC)C(O)c1ccc(O)cc1. The Morgan fingerprint density at radius 3 is 2.44 bits per heavy atom. The summed E-state index contributed by atoms with van der Waals surface area (Å²) in [6, 6.07) is 6.21. The maximum absolute atomic E-state index is 11.7.